The first-order valence-corrected chi connectivity index (χ1v) is 7.25. The topological polar surface area (TPSA) is 61.0 Å². The summed E-state index contributed by atoms with van der Waals surface area (Å²) in [4.78, 5) is 14.2. The van der Waals surface area contributed by atoms with Crippen LogP contribution in [0.3, 0.4) is 0 Å². The van der Waals surface area contributed by atoms with Gasteiger partial charge in [0.2, 0.25) is 0 Å². The molecule has 1 saturated heterocycles. The average molecular weight is 264 g/mol. The van der Waals surface area contributed by atoms with Gasteiger partial charge in [0.15, 0.2) is 0 Å². The number of carbonyl (C=O) groups is 1. The molecule has 0 radical (unpaired) electrons. The summed E-state index contributed by atoms with van der Waals surface area (Å²) in [7, 11) is 0. The van der Waals surface area contributed by atoms with Gasteiger partial charge in [0, 0.05) is 12.7 Å². The first-order valence-electron chi connectivity index (χ1n) is 7.25. The van der Waals surface area contributed by atoms with E-state index in [2.05, 4.69) is 27.3 Å². The zero-order valence-corrected chi connectivity index (χ0v) is 11.7. The SMILES string of the molecule is CC1CCN(CCCCNC(=O)c2ccn[nH]2)CC1. The van der Waals surface area contributed by atoms with Gasteiger partial charge >= 0.3 is 0 Å². The number of unbranched alkanes of at least 4 members (excludes halogenated alkanes) is 1. The average Bonchev–Trinajstić information content (AvgIpc) is 2.94. The molecule has 106 valence electrons. The summed E-state index contributed by atoms with van der Waals surface area (Å²) in [5.41, 5.74) is 0.532. The van der Waals surface area contributed by atoms with Crippen molar-refractivity contribution in [2.75, 3.05) is 26.2 Å². The molecule has 1 aromatic heterocycles. The standard InChI is InChI=1S/C14H24N4O/c1-12-5-10-18(11-6-12)9-3-2-7-15-14(19)13-4-8-16-17-13/h4,8,12H,2-3,5-7,9-11H2,1H3,(H,15,19)(H,16,17). The summed E-state index contributed by atoms with van der Waals surface area (Å²) in [6, 6.07) is 1.68. The zero-order chi connectivity index (χ0) is 13.5. The number of piperidine rings is 1. The quantitative estimate of drug-likeness (QED) is 0.768. The highest BCUT2D eigenvalue weighted by Gasteiger charge is 2.14. The molecule has 0 atom stereocenters. The second-order valence-electron chi connectivity index (χ2n) is 5.46. The normalized spacial score (nSPS) is 17.5. The first-order chi connectivity index (χ1) is 9.25. The van der Waals surface area contributed by atoms with Crippen LogP contribution in [0, 0.1) is 5.92 Å². The summed E-state index contributed by atoms with van der Waals surface area (Å²) >= 11 is 0. The largest absolute Gasteiger partial charge is 0.351 e. The molecule has 2 rings (SSSR count). The maximum atomic E-state index is 11.6. The van der Waals surface area contributed by atoms with Gasteiger partial charge in [0.1, 0.15) is 5.69 Å². The molecule has 19 heavy (non-hydrogen) atoms. The van der Waals surface area contributed by atoms with Crippen molar-refractivity contribution >= 4 is 5.91 Å². The molecular weight excluding hydrogens is 240 g/mol. The Morgan fingerprint density at radius 2 is 2.26 bits per heavy atom. The Balaban J connectivity index is 1.51. The maximum Gasteiger partial charge on any atom is 0.269 e. The van der Waals surface area contributed by atoms with Gasteiger partial charge in [-0.25, -0.2) is 0 Å². The van der Waals surface area contributed by atoms with E-state index in [9.17, 15) is 4.79 Å². The van der Waals surface area contributed by atoms with Gasteiger partial charge in [-0.1, -0.05) is 6.92 Å². The molecule has 0 unspecified atom stereocenters. The maximum absolute atomic E-state index is 11.6. The fourth-order valence-electron chi connectivity index (χ4n) is 2.43. The third-order valence-electron chi connectivity index (χ3n) is 3.81. The molecule has 1 fully saturated rings. The molecular formula is C14H24N4O. The van der Waals surface area contributed by atoms with E-state index in [1.807, 2.05) is 0 Å². The number of likely N-dealkylation sites (tertiary alicyclic amines) is 1. The van der Waals surface area contributed by atoms with E-state index in [4.69, 9.17) is 0 Å². The summed E-state index contributed by atoms with van der Waals surface area (Å²) < 4.78 is 0. The van der Waals surface area contributed by atoms with Crippen LogP contribution >= 0.6 is 0 Å². The van der Waals surface area contributed by atoms with Crippen molar-refractivity contribution in [3.8, 4) is 0 Å². The monoisotopic (exact) mass is 264 g/mol. The first kappa shape index (κ1) is 14.1. The molecule has 2 heterocycles. The van der Waals surface area contributed by atoms with Crippen molar-refractivity contribution < 1.29 is 4.79 Å². The van der Waals surface area contributed by atoms with Crippen LogP contribution in [0.4, 0.5) is 0 Å². The highest BCUT2D eigenvalue weighted by atomic mass is 16.1. The van der Waals surface area contributed by atoms with Crippen LogP contribution in [0.25, 0.3) is 0 Å². The predicted octanol–water partition coefficient (Wildman–Crippen LogP) is 1.65. The molecule has 5 nitrogen and oxygen atoms in total. The number of carbonyl (C=O) groups excluding carboxylic acids is 1. The Labute approximate surface area is 114 Å². The predicted molar refractivity (Wildman–Crippen MR) is 75.0 cm³/mol. The van der Waals surface area contributed by atoms with Gasteiger partial charge in [0.25, 0.3) is 5.91 Å². The number of aromatic amines is 1. The van der Waals surface area contributed by atoms with Crippen molar-refractivity contribution in [2.45, 2.75) is 32.6 Å². The molecule has 1 aromatic rings. The number of hydrogen-bond donors (Lipinski definition) is 2. The Morgan fingerprint density at radius 3 is 2.95 bits per heavy atom. The van der Waals surface area contributed by atoms with Gasteiger partial charge < -0.3 is 10.2 Å². The number of nitrogens with one attached hydrogen (secondary N) is 2. The molecule has 1 amide bonds. The molecule has 0 spiro atoms. The molecule has 0 bridgehead atoms. The number of amides is 1. The smallest absolute Gasteiger partial charge is 0.269 e. The summed E-state index contributed by atoms with van der Waals surface area (Å²) in [6.45, 7) is 6.71. The molecule has 1 aliphatic heterocycles. The molecule has 5 heteroatoms. The van der Waals surface area contributed by atoms with E-state index in [1.54, 1.807) is 12.3 Å². The van der Waals surface area contributed by atoms with E-state index >= 15 is 0 Å². The summed E-state index contributed by atoms with van der Waals surface area (Å²) in [6.07, 6.45) is 6.43. The van der Waals surface area contributed by atoms with Crippen LogP contribution in [0.5, 0.6) is 0 Å². The number of rotatable bonds is 6. The third kappa shape index (κ3) is 4.67. The second-order valence-corrected chi connectivity index (χ2v) is 5.46. The lowest BCUT2D eigenvalue weighted by Crippen LogP contribution is -2.34. The minimum absolute atomic E-state index is 0.0655. The minimum atomic E-state index is -0.0655. The van der Waals surface area contributed by atoms with E-state index in [1.165, 1.54) is 25.9 Å². The Morgan fingerprint density at radius 1 is 1.47 bits per heavy atom. The van der Waals surface area contributed by atoms with Crippen molar-refractivity contribution in [1.29, 1.82) is 0 Å². The summed E-state index contributed by atoms with van der Waals surface area (Å²) in [5, 5.41) is 9.33. The lowest BCUT2D eigenvalue weighted by atomic mass is 9.99. The van der Waals surface area contributed by atoms with Gasteiger partial charge in [-0.05, 0) is 57.3 Å². The van der Waals surface area contributed by atoms with Crippen LogP contribution < -0.4 is 5.32 Å². The lowest BCUT2D eigenvalue weighted by Gasteiger charge is -2.30. The Bertz CT molecular complexity index is 369. The van der Waals surface area contributed by atoms with E-state index in [-0.39, 0.29) is 5.91 Å². The number of aromatic nitrogens is 2. The third-order valence-corrected chi connectivity index (χ3v) is 3.81. The van der Waals surface area contributed by atoms with Crippen molar-refractivity contribution in [3.05, 3.63) is 18.0 Å². The van der Waals surface area contributed by atoms with Gasteiger partial charge in [-0.15, -0.1) is 0 Å². The van der Waals surface area contributed by atoms with Crippen molar-refractivity contribution in [1.82, 2.24) is 20.4 Å². The second kappa shape index (κ2) is 7.28. The minimum Gasteiger partial charge on any atom is -0.351 e. The Hall–Kier alpha value is -1.36. The zero-order valence-electron chi connectivity index (χ0n) is 11.7. The molecule has 0 aliphatic carbocycles. The summed E-state index contributed by atoms with van der Waals surface area (Å²) in [5.74, 6) is 0.828. The fraction of sp³-hybridized carbons (Fsp3) is 0.714. The number of nitrogens with zero attached hydrogens (tertiary/aromatic N) is 2. The van der Waals surface area contributed by atoms with Gasteiger partial charge in [0.05, 0.1) is 0 Å². The van der Waals surface area contributed by atoms with Crippen molar-refractivity contribution in [2.24, 2.45) is 5.92 Å². The highest BCUT2D eigenvalue weighted by molar-refractivity contribution is 5.91. The van der Waals surface area contributed by atoms with Crippen LogP contribution in [0.15, 0.2) is 12.3 Å². The van der Waals surface area contributed by atoms with E-state index in [0.29, 0.717) is 5.69 Å². The molecule has 0 aromatic carbocycles. The molecule has 1 aliphatic rings. The molecule has 2 N–H and O–H groups in total. The van der Waals surface area contributed by atoms with E-state index in [0.717, 1.165) is 31.8 Å². The number of hydrogen-bond acceptors (Lipinski definition) is 3. The molecule has 0 saturated carbocycles. The van der Waals surface area contributed by atoms with Gasteiger partial charge in [-0.3, -0.25) is 9.89 Å². The van der Waals surface area contributed by atoms with Crippen LogP contribution in [0.2, 0.25) is 0 Å². The fourth-order valence-corrected chi connectivity index (χ4v) is 2.43. The lowest BCUT2D eigenvalue weighted by molar-refractivity contribution is 0.0947. The van der Waals surface area contributed by atoms with Crippen molar-refractivity contribution in [3.63, 3.8) is 0 Å². The Kier molecular flexibility index (Phi) is 5.39. The van der Waals surface area contributed by atoms with Crippen LogP contribution in [0.1, 0.15) is 43.1 Å². The highest BCUT2D eigenvalue weighted by Crippen LogP contribution is 2.15. The number of H-pyrrole nitrogens is 1. The van der Waals surface area contributed by atoms with E-state index < -0.39 is 0 Å². The van der Waals surface area contributed by atoms with Crippen LogP contribution in [-0.2, 0) is 0 Å². The van der Waals surface area contributed by atoms with Crippen LogP contribution in [-0.4, -0.2) is 47.2 Å². The van der Waals surface area contributed by atoms with Gasteiger partial charge in [-0.2, -0.15) is 5.10 Å².